The fraction of sp³-hybridized carbons (Fsp3) is 1.00. The van der Waals surface area contributed by atoms with Crippen molar-refractivity contribution in [2.45, 2.75) is 39.2 Å². The van der Waals surface area contributed by atoms with Crippen molar-refractivity contribution in [2.24, 2.45) is 0 Å². The molecular weight excluding hydrogens is 150 g/mol. The Morgan fingerprint density at radius 1 is 1.42 bits per heavy atom. The van der Waals surface area contributed by atoms with Gasteiger partial charge in [-0.2, -0.15) is 0 Å². The zero-order valence-electron chi connectivity index (χ0n) is 8.60. The second-order valence-corrected chi connectivity index (χ2v) is 4.21. The third-order valence-corrected chi connectivity index (χ3v) is 2.60. The Balaban J connectivity index is 2.37. The molecule has 0 aromatic heterocycles. The van der Waals surface area contributed by atoms with E-state index in [1.54, 1.807) is 0 Å². The first-order valence-electron chi connectivity index (χ1n) is 4.99. The van der Waals surface area contributed by atoms with E-state index in [4.69, 9.17) is 4.74 Å². The van der Waals surface area contributed by atoms with Crippen molar-refractivity contribution < 1.29 is 4.74 Å². The molecule has 1 saturated heterocycles. The summed E-state index contributed by atoms with van der Waals surface area (Å²) in [5, 5.41) is 0. The minimum atomic E-state index is 0.257. The van der Waals surface area contributed by atoms with Crippen molar-refractivity contribution in [3.05, 3.63) is 0 Å². The summed E-state index contributed by atoms with van der Waals surface area (Å²) in [6.45, 7) is 10.9. The number of rotatable bonds is 3. The first-order chi connectivity index (χ1) is 5.67. The van der Waals surface area contributed by atoms with Gasteiger partial charge in [0, 0.05) is 12.1 Å². The Kier molecular flexibility index (Phi) is 3.53. The normalized spacial score (nSPS) is 24.2. The van der Waals surface area contributed by atoms with Gasteiger partial charge >= 0.3 is 0 Å². The van der Waals surface area contributed by atoms with Crippen LogP contribution in [0.15, 0.2) is 0 Å². The van der Waals surface area contributed by atoms with E-state index in [2.05, 4.69) is 25.7 Å². The van der Waals surface area contributed by atoms with E-state index in [-0.39, 0.29) is 5.54 Å². The van der Waals surface area contributed by atoms with Crippen LogP contribution in [0.3, 0.4) is 0 Å². The van der Waals surface area contributed by atoms with Crippen LogP contribution in [-0.4, -0.2) is 36.7 Å². The average molecular weight is 171 g/mol. The van der Waals surface area contributed by atoms with Crippen molar-refractivity contribution in [1.29, 1.82) is 0 Å². The summed E-state index contributed by atoms with van der Waals surface area (Å²) in [5.41, 5.74) is 0.257. The van der Waals surface area contributed by atoms with E-state index in [9.17, 15) is 0 Å². The van der Waals surface area contributed by atoms with Crippen molar-refractivity contribution in [3.8, 4) is 0 Å². The van der Waals surface area contributed by atoms with Crippen LogP contribution >= 0.6 is 0 Å². The maximum atomic E-state index is 5.45. The molecule has 2 nitrogen and oxygen atoms in total. The molecule has 0 spiro atoms. The van der Waals surface area contributed by atoms with E-state index in [1.807, 2.05) is 0 Å². The first kappa shape index (κ1) is 10.0. The summed E-state index contributed by atoms with van der Waals surface area (Å²) in [7, 11) is 0. The van der Waals surface area contributed by atoms with Crippen LogP contribution < -0.4 is 0 Å². The summed E-state index contributed by atoms with van der Waals surface area (Å²) >= 11 is 0. The lowest BCUT2D eigenvalue weighted by Gasteiger charge is -2.42. The molecule has 0 bridgehead atoms. The molecule has 0 aliphatic carbocycles. The van der Waals surface area contributed by atoms with E-state index < -0.39 is 0 Å². The molecule has 1 aliphatic rings. The van der Waals surface area contributed by atoms with Crippen LogP contribution in [0.4, 0.5) is 0 Å². The second kappa shape index (κ2) is 4.24. The van der Waals surface area contributed by atoms with Crippen LogP contribution in [0, 0.1) is 0 Å². The molecule has 72 valence electrons. The van der Waals surface area contributed by atoms with Crippen molar-refractivity contribution >= 4 is 0 Å². The summed E-state index contributed by atoms with van der Waals surface area (Å²) < 4.78 is 5.45. The quantitative estimate of drug-likeness (QED) is 0.643. The minimum Gasteiger partial charge on any atom is -0.378 e. The number of hydrogen-bond donors (Lipinski definition) is 0. The van der Waals surface area contributed by atoms with Crippen LogP contribution in [0.1, 0.15) is 33.6 Å². The minimum absolute atomic E-state index is 0.257. The van der Waals surface area contributed by atoms with Crippen molar-refractivity contribution in [3.63, 3.8) is 0 Å². The second-order valence-electron chi connectivity index (χ2n) is 4.21. The van der Waals surface area contributed by atoms with E-state index in [1.165, 1.54) is 19.4 Å². The highest BCUT2D eigenvalue weighted by Gasteiger charge is 2.29. The zero-order chi connectivity index (χ0) is 9.03. The molecule has 1 fully saturated rings. The summed E-state index contributed by atoms with van der Waals surface area (Å²) in [6.07, 6.45) is 2.59. The van der Waals surface area contributed by atoms with Gasteiger partial charge in [-0.25, -0.2) is 0 Å². The van der Waals surface area contributed by atoms with Gasteiger partial charge in [-0.3, -0.25) is 4.90 Å². The summed E-state index contributed by atoms with van der Waals surface area (Å²) in [4.78, 5) is 2.54. The van der Waals surface area contributed by atoms with Gasteiger partial charge < -0.3 is 4.74 Å². The highest BCUT2D eigenvalue weighted by atomic mass is 16.5. The number of unbranched alkanes of at least 4 members (excludes halogenated alkanes) is 1. The molecule has 0 radical (unpaired) electrons. The van der Waals surface area contributed by atoms with Crippen molar-refractivity contribution in [1.82, 2.24) is 4.90 Å². The molecule has 0 unspecified atom stereocenters. The first-order valence-corrected chi connectivity index (χ1v) is 4.99. The predicted molar refractivity (Wildman–Crippen MR) is 51.4 cm³/mol. The molecule has 0 aromatic carbocycles. The molecule has 1 heterocycles. The van der Waals surface area contributed by atoms with E-state index >= 15 is 0 Å². The van der Waals surface area contributed by atoms with Gasteiger partial charge in [0.15, 0.2) is 0 Å². The maximum absolute atomic E-state index is 5.45. The highest BCUT2D eigenvalue weighted by molar-refractivity contribution is 4.83. The highest BCUT2D eigenvalue weighted by Crippen LogP contribution is 2.18. The largest absolute Gasteiger partial charge is 0.378 e. The van der Waals surface area contributed by atoms with Crippen LogP contribution in [0.5, 0.6) is 0 Å². The molecule has 12 heavy (non-hydrogen) atoms. The topological polar surface area (TPSA) is 12.5 Å². The number of nitrogens with zero attached hydrogens (tertiary/aromatic N) is 1. The molecule has 0 atom stereocenters. The smallest absolute Gasteiger partial charge is 0.0645 e. The fourth-order valence-electron chi connectivity index (χ4n) is 1.65. The molecule has 0 amide bonds. The number of morpholine rings is 1. The summed E-state index contributed by atoms with van der Waals surface area (Å²) in [6, 6.07) is 0. The van der Waals surface area contributed by atoms with Gasteiger partial charge in [-0.1, -0.05) is 13.3 Å². The fourth-order valence-corrected chi connectivity index (χ4v) is 1.65. The number of ether oxygens (including phenoxy) is 1. The monoisotopic (exact) mass is 171 g/mol. The van der Waals surface area contributed by atoms with E-state index in [0.29, 0.717) is 0 Å². The summed E-state index contributed by atoms with van der Waals surface area (Å²) in [5.74, 6) is 0. The molecule has 1 rings (SSSR count). The third kappa shape index (κ3) is 2.46. The van der Waals surface area contributed by atoms with Crippen LogP contribution in [0.2, 0.25) is 0 Å². The van der Waals surface area contributed by atoms with Gasteiger partial charge in [0.1, 0.15) is 0 Å². The Morgan fingerprint density at radius 3 is 2.75 bits per heavy atom. The average Bonchev–Trinajstić information content (AvgIpc) is 2.02. The Hall–Kier alpha value is -0.0800. The standard InChI is InChI=1S/C10H21NO/c1-4-5-6-11-7-8-12-9-10(11,2)3/h4-9H2,1-3H3. The van der Waals surface area contributed by atoms with Crippen molar-refractivity contribution in [2.75, 3.05) is 26.3 Å². The molecule has 1 aliphatic heterocycles. The zero-order valence-corrected chi connectivity index (χ0v) is 8.60. The molecule has 0 N–H and O–H groups in total. The lowest BCUT2D eigenvalue weighted by Crippen LogP contribution is -2.53. The van der Waals surface area contributed by atoms with Crippen LogP contribution in [0.25, 0.3) is 0 Å². The lowest BCUT2D eigenvalue weighted by molar-refractivity contribution is -0.0511. The lowest BCUT2D eigenvalue weighted by atomic mass is 10.0. The maximum Gasteiger partial charge on any atom is 0.0645 e. The Bertz CT molecular complexity index is 134. The SMILES string of the molecule is CCCCN1CCOCC1(C)C. The predicted octanol–water partition coefficient (Wildman–Crippen LogP) is 1.90. The van der Waals surface area contributed by atoms with Gasteiger partial charge in [0.2, 0.25) is 0 Å². The van der Waals surface area contributed by atoms with Gasteiger partial charge in [0.05, 0.1) is 13.2 Å². The van der Waals surface area contributed by atoms with Crippen LogP contribution in [-0.2, 0) is 4.74 Å². The third-order valence-electron chi connectivity index (χ3n) is 2.60. The van der Waals surface area contributed by atoms with Gasteiger partial charge in [0.25, 0.3) is 0 Å². The molecule has 0 saturated carbocycles. The van der Waals surface area contributed by atoms with Gasteiger partial charge in [-0.15, -0.1) is 0 Å². The number of hydrogen-bond acceptors (Lipinski definition) is 2. The Labute approximate surface area is 75.9 Å². The Morgan fingerprint density at radius 2 is 2.17 bits per heavy atom. The van der Waals surface area contributed by atoms with E-state index in [0.717, 1.165) is 19.8 Å². The molecule has 0 aromatic rings. The van der Waals surface area contributed by atoms with Gasteiger partial charge in [-0.05, 0) is 26.8 Å². The molecule has 2 heteroatoms. The molecular formula is C10H21NO.